The third-order valence-corrected chi connectivity index (χ3v) is 3.79. The second-order valence-electron chi connectivity index (χ2n) is 4.01. The molecule has 0 bridgehead atoms. The largest absolute Gasteiger partial charge is 0.375 e. The third kappa shape index (κ3) is 1.97. The first-order valence-corrected chi connectivity index (χ1v) is 6.07. The first-order chi connectivity index (χ1) is 7.15. The highest BCUT2D eigenvalue weighted by atomic mass is 32.1. The van der Waals surface area contributed by atoms with Gasteiger partial charge in [0.15, 0.2) is 5.13 Å². The van der Waals surface area contributed by atoms with Gasteiger partial charge in [0, 0.05) is 10.9 Å². The Morgan fingerprint density at radius 1 is 1.73 bits per heavy atom. The smallest absolute Gasteiger partial charge is 0.271 e. The van der Waals surface area contributed by atoms with E-state index in [2.05, 4.69) is 17.2 Å². The lowest BCUT2D eigenvalue weighted by Crippen LogP contribution is -2.53. The van der Waals surface area contributed by atoms with Crippen LogP contribution in [0.1, 0.15) is 43.1 Å². The van der Waals surface area contributed by atoms with Gasteiger partial charge in [0.1, 0.15) is 5.69 Å². The van der Waals surface area contributed by atoms with Crippen molar-refractivity contribution in [2.45, 2.75) is 38.1 Å². The van der Waals surface area contributed by atoms with Crippen LogP contribution in [0.2, 0.25) is 0 Å². The summed E-state index contributed by atoms with van der Waals surface area (Å²) >= 11 is 1.30. The van der Waals surface area contributed by atoms with Crippen molar-refractivity contribution < 1.29 is 4.79 Å². The molecule has 4 nitrogen and oxygen atoms in total. The molecule has 0 unspecified atom stereocenters. The highest BCUT2D eigenvalue weighted by Gasteiger charge is 2.36. The molecule has 1 amide bonds. The van der Waals surface area contributed by atoms with Crippen molar-refractivity contribution in [3.8, 4) is 0 Å². The minimum absolute atomic E-state index is 0.0233. The number of nitrogens with zero attached hydrogens (tertiary/aromatic N) is 1. The highest BCUT2D eigenvalue weighted by molar-refractivity contribution is 7.13. The van der Waals surface area contributed by atoms with Gasteiger partial charge in [-0.2, -0.15) is 0 Å². The van der Waals surface area contributed by atoms with Gasteiger partial charge in [-0.1, -0.05) is 6.92 Å². The maximum absolute atomic E-state index is 11.8. The number of thiazole rings is 1. The summed E-state index contributed by atoms with van der Waals surface area (Å²) in [5.41, 5.74) is 5.95. The molecule has 1 saturated carbocycles. The number of nitrogen functional groups attached to an aromatic ring is 1. The quantitative estimate of drug-likeness (QED) is 0.824. The number of amides is 1. The topological polar surface area (TPSA) is 68.0 Å². The van der Waals surface area contributed by atoms with Crippen LogP contribution in [0.3, 0.4) is 0 Å². The van der Waals surface area contributed by atoms with Crippen molar-refractivity contribution >= 4 is 22.4 Å². The molecule has 0 atom stereocenters. The molecule has 0 saturated heterocycles. The van der Waals surface area contributed by atoms with Crippen LogP contribution in [0.15, 0.2) is 5.38 Å². The lowest BCUT2D eigenvalue weighted by atomic mass is 9.75. The Hall–Kier alpha value is -1.10. The third-order valence-electron chi connectivity index (χ3n) is 3.12. The number of nitrogens with two attached hydrogens (primary N) is 1. The van der Waals surface area contributed by atoms with E-state index in [-0.39, 0.29) is 11.4 Å². The molecule has 0 radical (unpaired) electrons. The SMILES string of the molecule is CCC1(NC(=O)c2csc(N)n2)CCC1. The second-order valence-corrected chi connectivity index (χ2v) is 4.90. The Bertz CT molecular complexity index is 365. The molecule has 2 rings (SSSR count). The zero-order valence-corrected chi connectivity index (χ0v) is 9.56. The minimum atomic E-state index is -0.0931. The van der Waals surface area contributed by atoms with E-state index < -0.39 is 0 Å². The van der Waals surface area contributed by atoms with Gasteiger partial charge >= 0.3 is 0 Å². The fourth-order valence-electron chi connectivity index (χ4n) is 1.87. The maximum atomic E-state index is 11.8. The van der Waals surface area contributed by atoms with Crippen molar-refractivity contribution in [2.24, 2.45) is 0 Å². The average Bonchev–Trinajstić information content (AvgIpc) is 2.58. The molecule has 1 aromatic heterocycles. The summed E-state index contributed by atoms with van der Waals surface area (Å²) in [5, 5.41) is 5.20. The summed E-state index contributed by atoms with van der Waals surface area (Å²) in [6, 6.07) is 0. The Morgan fingerprint density at radius 3 is 2.87 bits per heavy atom. The molecule has 0 spiro atoms. The van der Waals surface area contributed by atoms with Gasteiger partial charge < -0.3 is 11.1 Å². The van der Waals surface area contributed by atoms with Gasteiger partial charge in [-0.25, -0.2) is 4.98 Å². The molecule has 1 aromatic rings. The van der Waals surface area contributed by atoms with Crippen LogP contribution in [-0.2, 0) is 0 Å². The molecular formula is C10H15N3OS. The number of hydrogen-bond donors (Lipinski definition) is 2. The number of carbonyl (C=O) groups is 1. The highest BCUT2D eigenvalue weighted by Crippen LogP contribution is 2.34. The van der Waals surface area contributed by atoms with Crippen molar-refractivity contribution in [3.63, 3.8) is 0 Å². The molecule has 0 aromatic carbocycles. The Morgan fingerprint density at radius 2 is 2.47 bits per heavy atom. The van der Waals surface area contributed by atoms with E-state index in [0.29, 0.717) is 10.8 Å². The standard InChI is InChI=1S/C10H15N3OS/c1-2-10(4-3-5-10)13-8(14)7-6-15-9(11)12-7/h6H,2-5H2,1H3,(H2,11,12)(H,13,14). The Labute approximate surface area is 92.9 Å². The lowest BCUT2D eigenvalue weighted by molar-refractivity contribution is 0.0816. The molecule has 3 N–H and O–H groups in total. The van der Waals surface area contributed by atoms with Crippen molar-refractivity contribution in [2.75, 3.05) is 5.73 Å². The molecule has 1 heterocycles. The second kappa shape index (κ2) is 3.81. The van der Waals surface area contributed by atoms with Gasteiger partial charge in [0.25, 0.3) is 5.91 Å². The van der Waals surface area contributed by atoms with Crippen LogP contribution in [0, 0.1) is 0 Å². The van der Waals surface area contributed by atoms with Gasteiger partial charge in [0.05, 0.1) is 0 Å². The number of hydrogen-bond acceptors (Lipinski definition) is 4. The molecule has 1 fully saturated rings. The number of carbonyl (C=O) groups excluding carboxylic acids is 1. The van der Waals surface area contributed by atoms with E-state index in [0.717, 1.165) is 19.3 Å². The molecule has 82 valence electrons. The first kappa shape index (κ1) is 10.4. The predicted molar refractivity (Wildman–Crippen MR) is 60.9 cm³/mol. The molecular weight excluding hydrogens is 210 g/mol. The molecule has 1 aliphatic carbocycles. The van der Waals surface area contributed by atoms with Gasteiger partial charge in [-0.05, 0) is 25.7 Å². The number of aromatic nitrogens is 1. The van der Waals surface area contributed by atoms with Crippen LogP contribution >= 0.6 is 11.3 Å². The Balaban J connectivity index is 2.03. The fraction of sp³-hybridized carbons (Fsp3) is 0.600. The van der Waals surface area contributed by atoms with E-state index in [1.165, 1.54) is 17.8 Å². The molecule has 5 heteroatoms. The van der Waals surface area contributed by atoms with Crippen LogP contribution in [0.4, 0.5) is 5.13 Å². The van der Waals surface area contributed by atoms with Gasteiger partial charge in [-0.3, -0.25) is 4.79 Å². The Kier molecular flexibility index (Phi) is 2.65. The van der Waals surface area contributed by atoms with E-state index in [4.69, 9.17) is 5.73 Å². The summed E-state index contributed by atoms with van der Waals surface area (Å²) < 4.78 is 0. The van der Waals surface area contributed by atoms with Crippen LogP contribution in [-0.4, -0.2) is 16.4 Å². The lowest BCUT2D eigenvalue weighted by Gasteiger charge is -2.41. The molecule has 15 heavy (non-hydrogen) atoms. The van der Waals surface area contributed by atoms with Crippen LogP contribution < -0.4 is 11.1 Å². The zero-order valence-electron chi connectivity index (χ0n) is 8.75. The summed E-state index contributed by atoms with van der Waals surface area (Å²) in [7, 11) is 0. The minimum Gasteiger partial charge on any atom is -0.375 e. The summed E-state index contributed by atoms with van der Waals surface area (Å²) in [5.74, 6) is -0.0931. The van der Waals surface area contributed by atoms with E-state index in [1.807, 2.05) is 0 Å². The average molecular weight is 225 g/mol. The predicted octanol–water partition coefficient (Wildman–Crippen LogP) is 1.79. The first-order valence-electron chi connectivity index (χ1n) is 5.19. The normalized spacial score (nSPS) is 18.2. The van der Waals surface area contributed by atoms with E-state index in [9.17, 15) is 4.79 Å². The summed E-state index contributed by atoms with van der Waals surface area (Å²) in [4.78, 5) is 15.8. The monoisotopic (exact) mass is 225 g/mol. The van der Waals surface area contributed by atoms with Crippen LogP contribution in [0.25, 0.3) is 0 Å². The fourth-order valence-corrected chi connectivity index (χ4v) is 2.41. The van der Waals surface area contributed by atoms with Crippen molar-refractivity contribution in [1.82, 2.24) is 10.3 Å². The van der Waals surface area contributed by atoms with Crippen LogP contribution in [0.5, 0.6) is 0 Å². The van der Waals surface area contributed by atoms with E-state index in [1.54, 1.807) is 5.38 Å². The molecule has 1 aliphatic rings. The summed E-state index contributed by atoms with van der Waals surface area (Å²) in [6.45, 7) is 2.11. The van der Waals surface area contributed by atoms with Crippen molar-refractivity contribution in [3.05, 3.63) is 11.1 Å². The number of rotatable bonds is 3. The maximum Gasteiger partial charge on any atom is 0.271 e. The van der Waals surface area contributed by atoms with E-state index >= 15 is 0 Å². The van der Waals surface area contributed by atoms with Crippen molar-refractivity contribution in [1.29, 1.82) is 0 Å². The molecule has 0 aliphatic heterocycles. The number of anilines is 1. The zero-order chi connectivity index (χ0) is 10.9. The summed E-state index contributed by atoms with van der Waals surface area (Å²) in [6.07, 6.45) is 4.34. The van der Waals surface area contributed by atoms with Gasteiger partial charge in [-0.15, -0.1) is 11.3 Å². The van der Waals surface area contributed by atoms with Gasteiger partial charge in [0.2, 0.25) is 0 Å². The number of nitrogens with one attached hydrogen (secondary N) is 1.